The van der Waals surface area contributed by atoms with E-state index in [9.17, 15) is 9.59 Å². The molecule has 0 aliphatic carbocycles. The van der Waals surface area contributed by atoms with Crippen LogP contribution >= 0.6 is 0 Å². The number of hydrogen-bond donors (Lipinski definition) is 3. The molecule has 2 rings (SSSR count). The average Bonchev–Trinajstić information content (AvgIpc) is 2.37. The molecule has 1 aromatic rings. The molecule has 96 valence electrons. The Bertz CT molecular complexity index is 485. The quantitative estimate of drug-likeness (QED) is 0.733. The summed E-state index contributed by atoms with van der Waals surface area (Å²) < 4.78 is 0. The fraction of sp³-hybridized carbons (Fsp3) is 0.385. The number of nitrogens with two attached hydrogens (primary N) is 1. The summed E-state index contributed by atoms with van der Waals surface area (Å²) in [7, 11) is 0. The Balaban J connectivity index is 2.23. The van der Waals surface area contributed by atoms with Gasteiger partial charge >= 0.3 is 0 Å². The molecule has 0 saturated carbocycles. The van der Waals surface area contributed by atoms with Crippen LogP contribution in [-0.4, -0.2) is 24.4 Å². The predicted molar refractivity (Wildman–Crippen MR) is 69.4 cm³/mol. The molecule has 0 saturated heterocycles. The van der Waals surface area contributed by atoms with Gasteiger partial charge in [0, 0.05) is 17.8 Å². The smallest absolute Gasteiger partial charge is 0.252 e. The molecule has 1 atom stereocenters. The third-order valence-electron chi connectivity index (χ3n) is 3.11. The Hall–Kier alpha value is -2.04. The lowest BCUT2D eigenvalue weighted by Crippen LogP contribution is -2.42. The van der Waals surface area contributed by atoms with Crippen molar-refractivity contribution < 1.29 is 9.59 Å². The van der Waals surface area contributed by atoms with Gasteiger partial charge in [-0.15, -0.1) is 0 Å². The third kappa shape index (κ3) is 2.45. The van der Waals surface area contributed by atoms with Crippen molar-refractivity contribution in [2.75, 3.05) is 11.9 Å². The van der Waals surface area contributed by atoms with Gasteiger partial charge in [-0.2, -0.15) is 0 Å². The Morgan fingerprint density at radius 3 is 2.94 bits per heavy atom. The van der Waals surface area contributed by atoms with Gasteiger partial charge in [0.1, 0.15) is 6.04 Å². The lowest BCUT2D eigenvalue weighted by Gasteiger charge is -2.21. The third-order valence-corrected chi connectivity index (χ3v) is 3.11. The molecule has 0 spiro atoms. The first-order valence-corrected chi connectivity index (χ1v) is 6.05. The number of fused-ring (bicyclic) bond motifs is 1. The van der Waals surface area contributed by atoms with Crippen molar-refractivity contribution in [3.63, 3.8) is 0 Å². The van der Waals surface area contributed by atoms with Crippen LogP contribution in [0, 0.1) is 0 Å². The summed E-state index contributed by atoms with van der Waals surface area (Å²) in [5, 5.41) is 5.87. The topological polar surface area (TPSA) is 84.2 Å². The lowest BCUT2D eigenvalue weighted by atomic mass is 9.97. The highest BCUT2D eigenvalue weighted by Gasteiger charge is 2.19. The number of benzene rings is 1. The summed E-state index contributed by atoms with van der Waals surface area (Å²) in [6.07, 6.45) is 1.87. The van der Waals surface area contributed by atoms with Crippen LogP contribution in [0.2, 0.25) is 0 Å². The molecule has 0 unspecified atom stereocenters. The van der Waals surface area contributed by atoms with Crippen molar-refractivity contribution >= 4 is 17.5 Å². The summed E-state index contributed by atoms with van der Waals surface area (Å²) in [6.45, 7) is 2.50. The maximum absolute atomic E-state index is 12.1. The van der Waals surface area contributed by atoms with Gasteiger partial charge in [0.2, 0.25) is 5.91 Å². The van der Waals surface area contributed by atoms with E-state index in [2.05, 4.69) is 10.6 Å². The van der Waals surface area contributed by atoms with Crippen molar-refractivity contribution in [1.29, 1.82) is 0 Å². The van der Waals surface area contributed by atoms with Gasteiger partial charge in [0.05, 0.1) is 0 Å². The summed E-state index contributed by atoms with van der Waals surface area (Å²) in [6, 6.07) is 4.91. The van der Waals surface area contributed by atoms with Crippen molar-refractivity contribution in [2.24, 2.45) is 5.73 Å². The van der Waals surface area contributed by atoms with E-state index in [1.54, 1.807) is 13.0 Å². The normalized spacial score (nSPS) is 15.2. The highest BCUT2D eigenvalue weighted by atomic mass is 16.2. The fourth-order valence-electron chi connectivity index (χ4n) is 2.07. The maximum atomic E-state index is 12.1. The SMILES string of the molecule is C[C@H](NC(=O)c1cccc2c1CCCN2)C(N)=O. The number of amides is 2. The molecule has 1 aliphatic rings. The van der Waals surface area contributed by atoms with Gasteiger partial charge < -0.3 is 16.4 Å². The van der Waals surface area contributed by atoms with Crippen molar-refractivity contribution in [3.8, 4) is 0 Å². The van der Waals surface area contributed by atoms with Crippen LogP contribution in [0.25, 0.3) is 0 Å². The second-order valence-electron chi connectivity index (χ2n) is 4.46. The minimum absolute atomic E-state index is 0.248. The number of carbonyl (C=O) groups excluding carboxylic acids is 2. The second-order valence-corrected chi connectivity index (χ2v) is 4.46. The molecule has 4 N–H and O–H groups in total. The van der Waals surface area contributed by atoms with Crippen molar-refractivity contribution in [2.45, 2.75) is 25.8 Å². The van der Waals surface area contributed by atoms with Gasteiger partial charge in [-0.25, -0.2) is 0 Å². The monoisotopic (exact) mass is 247 g/mol. The van der Waals surface area contributed by atoms with E-state index in [4.69, 9.17) is 5.73 Å². The molecule has 1 aromatic carbocycles. The number of carbonyl (C=O) groups is 2. The molecule has 0 fully saturated rings. The average molecular weight is 247 g/mol. The molecule has 0 aromatic heterocycles. The lowest BCUT2D eigenvalue weighted by molar-refractivity contribution is -0.119. The molecule has 0 radical (unpaired) electrons. The minimum Gasteiger partial charge on any atom is -0.385 e. The molecular weight excluding hydrogens is 230 g/mol. The number of nitrogens with one attached hydrogen (secondary N) is 2. The van der Waals surface area contributed by atoms with Crippen LogP contribution < -0.4 is 16.4 Å². The second kappa shape index (κ2) is 5.08. The van der Waals surface area contributed by atoms with Crippen LogP contribution in [0.3, 0.4) is 0 Å². The first-order valence-electron chi connectivity index (χ1n) is 6.05. The number of anilines is 1. The zero-order chi connectivity index (χ0) is 13.1. The van der Waals surface area contributed by atoms with E-state index in [1.807, 2.05) is 12.1 Å². The van der Waals surface area contributed by atoms with Gasteiger partial charge in [-0.3, -0.25) is 9.59 Å². The van der Waals surface area contributed by atoms with Gasteiger partial charge in [0.15, 0.2) is 0 Å². The van der Waals surface area contributed by atoms with E-state index in [0.717, 1.165) is 30.6 Å². The number of primary amides is 1. The molecular formula is C13H17N3O2. The van der Waals surface area contributed by atoms with E-state index in [0.29, 0.717) is 5.56 Å². The van der Waals surface area contributed by atoms with Gasteiger partial charge in [-0.1, -0.05) is 6.07 Å². The molecule has 1 heterocycles. The van der Waals surface area contributed by atoms with Crippen LogP contribution in [0.4, 0.5) is 5.69 Å². The molecule has 5 nitrogen and oxygen atoms in total. The summed E-state index contributed by atoms with van der Waals surface area (Å²) >= 11 is 0. The zero-order valence-corrected chi connectivity index (χ0v) is 10.3. The standard InChI is InChI=1S/C13H17N3O2/c1-8(12(14)17)16-13(18)10-4-2-6-11-9(10)5-3-7-15-11/h2,4,6,8,15H,3,5,7H2,1H3,(H2,14,17)(H,16,18)/t8-/m0/s1. The van der Waals surface area contributed by atoms with Crippen molar-refractivity contribution in [3.05, 3.63) is 29.3 Å². The first kappa shape index (κ1) is 12.4. The fourth-order valence-corrected chi connectivity index (χ4v) is 2.07. The Kier molecular flexibility index (Phi) is 3.50. The molecule has 18 heavy (non-hydrogen) atoms. The molecule has 5 heteroatoms. The van der Waals surface area contributed by atoms with E-state index >= 15 is 0 Å². The molecule has 1 aliphatic heterocycles. The largest absolute Gasteiger partial charge is 0.385 e. The summed E-state index contributed by atoms with van der Waals surface area (Å²) in [4.78, 5) is 23.0. The molecule has 2 amide bonds. The van der Waals surface area contributed by atoms with E-state index < -0.39 is 11.9 Å². The van der Waals surface area contributed by atoms with Gasteiger partial charge in [-0.05, 0) is 37.5 Å². The first-order chi connectivity index (χ1) is 8.59. The Morgan fingerprint density at radius 1 is 1.44 bits per heavy atom. The highest BCUT2D eigenvalue weighted by molar-refractivity contribution is 5.99. The van der Waals surface area contributed by atoms with Gasteiger partial charge in [0.25, 0.3) is 5.91 Å². The maximum Gasteiger partial charge on any atom is 0.252 e. The van der Waals surface area contributed by atoms with Crippen LogP contribution in [-0.2, 0) is 11.2 Å². The number of rotatable bonds is 3. The molecule has 0 bridgehead atoms. The predicted octanol–water partition coefficient (Wildman–Crippen LogP) is 0.648. The summed E-state index contributed by atoms with van der Waals surface area (Å²) in [5.41, 5.74) is 7.77. The van der Waals surface area contributed by atoms with Crippen LogP contribution in [0.5, 0.6) is 0 Å². The van der Waals surface area contributed by atoms with E-state index in [1.165, 1.54) is 0 Å². The Morgan fingerprint density at radius 2 is 2.22 bits per heavy atom. The zero-order valence-electron chi connectivity index (χ0n) is 10.3. The highest BCUT2D eigenvalue weighted by Crippen LogP contribution is 2.25. The van der Waals surface area contributed by atoms with Crippen molar-refractivity contribution in [1.82, 2.24) is 5.32 Å². The van der Waals surface area contributed by atoms with Crippen LogP contribution in [0.1, 0.15) is 29.3 Å². The summed E-state index contributed by atoms with van der Waals surface area (Å²) in [5.74, 6) is -0.784. The number of hydrogen-bond acceptors (Lipinski definition) is 3. The van der Waals surface area contributed by atoms with E-state index in [-0.39, 0.29) is 5.91 Å². The minimum atomic E-state index is -0.662. The van der Waals surface area contributed by atoms with Crippen LogP contribution in [0.15, 0.2) is 18.2 Å². The Labute approximate surface area is 106 Å².